The molecule has 0 aromatic heterocycles. The molecule has 6 nitrogen and oxygen atoms in total. The van der Waals surface area contributed by atoms with Gasteiger partial charge in [0.2, 0.25) is 5.91 Å². The van der Waals surface area contributed by atoms with Gasteiger partial charge in [-0.1, -0.05) is 24.3 Å². The van der Waals surface area contributed by atoms with Crippen LogP contribution in [0.2, 0.25) is 0 Å². The Morgan fingerprint density at radius 1 is 1.09 bits per heavy atom. The molecule has 2 aliphatic heterocycles. The highest BCUT2D eigenvalue weighted by Crippen LogP contribution is 2.41. The van der Waals surface area contributed by atoms with Gasteiger partial charge in [-0.15, -0.1) is 0 Å². The topological polar surface area (TPSA) is 69.7 Å². The molecule has 1 saturated heterocycles. The minimum atomic E-state index is -0.444. The quantitative estimate of drug-likeness (QED) is 0.522. The Bertz CT molecular complexity index is 1290. The fourth-order valence-corrected chi connectivity index (χ4v) is 5.63. The lowest BCUT2D eigenvalue weighted by atomic mass is 9.87. The number of amides is 3. The largest absolute Gasteiger partial charge is 0.363 e. The van der Waals surface area contributed by atoms with Crippen LogP contribution in [0.3, 0.4) is 0 Å². The number of nitrogens with one attached hydrogen (secondary N) is 1. The Hall–Kier alpha value is -3.32. The van der Waals surface area contributed by atoms with E-state index in [0.717, 1.165) is 45.5 Å². The van der Waals surface area contributed by atoms with E-state index in [1.807, 2.05) is 32.0 Å². The standard InChI is InChI=1S/C28H31N3O3S/c1-7-31-23-12-18(3)20(13-21(23)19(4)15-28(31,5)6)14-24-26(33)30(27(34)35-24)16-25(32)29-22-11-9-8-10-17(22)2/h8-15H,7,16H2,1-6H3,(H,29,32)/b24-14-. The van der Waals surface area contributed by atoms with Gasteiger partial charge in [0.15, 0.2) is 0 Å². The van der Waals surface area contributed by atoms with Crippen LogP contribution in [-0.2, 0) is 9.59 Å². The summed E-state index contributed by atoms with van der Waals surface area (Å²) >= 11 is 0.873. The fourth-order valence-electron chi connectivity index (χ4n) is 4.80. The average Bonchev–Trinajstić information content (AvgIpc) is 3.03. The predicted molar refractivity (Wildman–Crippen MR) is 144 cm³/mol. The second-order valence-corrected chi connectivity index (χ2v) is 10.6. The number of aryl methyl sites for hydroxylation is 2. The first-order chi connectivity index (χ1) is 16.5. The van der Waals surface area contributed by atoms with Crippen molar-refractivity contribution in [3.05, 3.63) is 69.6 Å². The Labute approximate surface area is 211 Å². The predicted octanol–water partition coefficient (Wildman–Crippen LogP) is 6.00. The second kappa shape index (κ2) is 9.38. The molecule has 2 aromatic rings. The van der Waals surface area contributed by atoms with Gasteiger partial charge in [0.05, 0.1) is 10.4 Å². The van der Waals surface area contributed by atoms with E-state index in [0.29, 0.717) is 10.6 Å². The number of allylic oxidation sites excluding steroid dienone is 1. The van der Waals surface area contributed by atoms with E-state index in [-0.39, 0.29) is 12.1 Å². The monoisotopic (exact) mass is 489 g/mol. The van der Waals surface area contributed by atoms with Crippen molar-refractivity contribution < 1.29 is 14.4 Å². The zero-order valence-corrected chi connectivity index (χ0v) is 21.9. The molecule has 0 radical (unpaired) electrons. The van der Waals surface area contributed by atoms with Crippen LogP contribution in [0.5, 0.6) is 0 Å². The molecule has 0 saturated carbocycles. The summed E-state index contributed by atoms with van der Waals surface area (Å²) in [6.45, 7) is 13.1. The Morgan fingerprint density at radius 3 is 2.49 bits per heavy atom. The molecule has 0 unspecified atom stereocenters. The number of nitrogens with zero attached hydrogens (tertiary/aromatic N) is 2. The van der Waals surface area contributed by atoms with Crippen molar-refractivity contribution in [3.63, 3.8) is 0 Å². The second-order valence-electron chi connectivity index (χ2n) is 9.58. The summed E-state index contributed by atoms with van der Waals surface area (Å²) in [5.74, 6) is -0.850. The number of fused-ring (bicyclic) bond motifs is 1. The third kappa shape index (κ3) is 4.78. The molecule has 1 N–H and O–H groups in total. The molecular formula is C28H31N3O3S. The number of para-hydroxylation sites is 1. The molecule has 2 heterocycles. The number of carbonyl (C=O) groups excluding carboxylic acids is 3. The van der Waals surface area contributed by atoms with Crippen molar-refractivity contribution in [3.8, 4) is 0 Å². The summed E-state index contributed by atoms with van der Waals surface area (Å²) in [7, 11) is 0. The van der Waals surface area contributed by atoms with E-state index >= 15 is 0 Å². The first kappa shape index (κ1) is 24.8. The van der Waals surface area contributed by atoms with Gasteiger partial charge in [-0.25, -0.2) is 0 Å². The number of thioether (sulfide) groups is 1. The lowest BCUT2D eigenvalue weighted by Crippen LogP contribution is -2.44. The van der Waals surface area contributed by atoms with Crippen molar-refractivity contribution in [1.29, 1.82) is 0 Å². The SMILES string of the molecule is CCN1c2cc(C)c(/C=C3\SC(=O)N(CC(=O)Nc4ccccc4C)C3=O)cc2C(C)=CC1(C)C. The van der Waals surface area contributed by atoms with E-state index in [9.17, 15) is 14.4 Å². The van der Waals surface area contributed by atoms with Crippen molar-refractivity contribution >= 4 is 51.8 Å². The van der Waals surface area contributed by atoms with E-state index in [4.69, 9.17) is 0 Å². The zero-order chi connectivity index (χ0) is 25.5. The number of hydrogen-bond acceptors (Lipinski definition) is 5. The highest BCUT2D eigenvalue weighted by atomic mass is 32.2. The maximum Gasteiger partial charge on any atom is 0.294 e. The van der Waals surface area contributed by atoms with Gasteiger partial charge in [-0.3, -0.25) is 19.3 Å². The fraction of sp³-hybridized carbons (Fsp3) is 0.321. The van der Waals surface area contributed by atoms with E-state index < -0.39 is 17.1 Å². The van der Waals surface area contributed by atoms with E-state index in [1.54, 1.807) is 12.1 Å². The van der Waals surface area contributed by atoms with Gasteiger partial charge in [-0.2, -0.15) is 0 Å². The maximum absolute atomic E-state index is 13.0. The summed E-state index contributed by atoms with van der Waals surface area (Å²) in [6.07, 6.45) is 4.03. The molecule has 35 heavy (non-hydrogen) atoms. The highest BCUT2D eigenvalue weighted by molar-refractivity contribution is 8.18. The number of rotatable bonds is 5. The van der Waals surface area contributed by atoms with Crippen LogP contribution in [-0.4, -0.2) is 40.6 Å². The highest BCUT2D eigenvalue weighted by Gasteiger charge is 2.37. The van der Waals surface area contributed by atoms with Gasteiger partial charge in [0, 0.05) is 23.5 Å². The molecule has 2 aliphatic rings. The van der Waals surface area contributed by atoms with E-state index in [1.165, 1.54) is 11.3 Å². The zero-order valence-electron chi connectivity index (χ0n) is 21.1. The third-order valence-corrected chi connectivity index (χ3v) is 7.47. The van der Waals surface area contributed by atoms with Crippen molar-refractivity contribution in [1.82, 2.24) is 4.90 Å². The summed E-state index contributed by atoms with van der Waals surface area (Å²) in [4.78, 5) is 41.9. The van der Waals surface area contributed by atoms with Crippen LogP contribution in [0.1, 0.15) is 49.9 Å². The third-order valence-electron chi connectivity index (χ3n) is 6.56. The first-order valence-corrected chi connectivity index (χ1v) is 12.6. The normalized spacial score (nSPS) is 18.1. The van der Waals surface area contributed by atoms with Crippen LogP contribution >= 0.6 is 11.8 Å². The van der Waals surface area contributed by atoms with Crippen molar-refractivity contribution in [2.75, 3.05) is 23.3 Å². The van der Waals surface area contributed by atoms with Gasteiger partial charge >= 0.3 is 0 Å². The molecule has 0 bridgehead atoms. The molecule has 4 rings (SSSR count). The first-order valence-electron chi connectivity index (χ1n) is 11.7. The number of imide groups is 1. The minimum absolute atomic E-state index is 0.0820. The molecule has 2 aromatic carbocycles. The number of likely N-dealkylation sites (N-methyl/N-ethyl adjacent to an activating group) is 1. The minimum Gasteiger partial charge on any atom is -0.363 e. The van der Waals surface area contributed by atoms with Gasteiger partial charge in [-0.05, 0) is 99.8 Å². The molecular weight excluding hydrogens is 458 g/mol. The number of hydrogen-bond donors (Lipinski definition) is 1. The van der Waals surface area contributed by atoms with Crippen LogP contribution in [0, 0.1) is 13.8 Å². The van der Waals surface area contributed by atoms with Crippen LogP contribution in [0.15, 0.2) is 47.4 Å². The molecule has 0 atom stereocenters. The van der Waals surface area contributed by atoms with Crippen LogP contribution < -0.4 is 10.2 Å². The Morgan fingerprint density at radius 2 is 1.80 bits per heavy atom. The summed E-state index contributed by atoms with van der Waals surface area (Å²) in [5, 5.41) is 2.34. The Balaban J connectivity index is 1.58. The number of anilines is 2. The molecule has 1 fully saturated rings. The smallest absolute Gasteiger partial charge is 0.294 e. The van der Waals surface area contributed by atoms with Crippen LogP contribution in [0.4, 0.5) is 16.2 Å². The van der Waals surface area contributed by atoms with Crippen LogP contribution in [0.25, 0.3) is 11.6 Å². The summed E-state index contributed by atoms with van der Waals surface area (Å²) < 4.78 is 0. The number of benzene rings is 2. The van der Waals surface area contributed by atoms with Gasteiger partial charge in [0.1, 0.15) is 6.54 Å². The molecule has 3 amide bonds. The molecule has 7 heteroatoms. The number of carbonyl (C=O) groups is 3. The van der Waals surface area contributed by atoms with Crippen molar-refractivity contribution in [2.45, 2.75) is 47.1 Å². The molecule has 0 spiro atoms. The maximum atomic E-state index is 13.0. The summed E-state index contributed by atoms with van der Waals surface area (Å²) in [6, 6.07) is 11.6. The Kier molecular flexibility index (Phi) is 6.64. The molecule has 182 valence electrons. The van der Waals surface area contributed by atoms with Gasteiger partial charge in [0.25, 0.3) is 11.1 Å². The summed E-state index contributed by atoms with van der Waals surface area (Å²) in [5.41, 5.74) is 6.89. The lowest BCUT2D eigenvalue weighted by Gasteiger charge is -2.43. The van der Waals surface area contributed by atoms with E-state index in [2.05, 4.69) is 56.1 Å². The van der Waals surface area contributed by atoms with Gasteiger partial charge < -0.3 is 10.2 Å². The van der Waals surface area contributed by atoms with Crippen molar-refractivity contribution in [2.24, 2.45) is 0 Å². The lowest BCUT2D eigenvalue weighted by molar-refractivity contribution is -0.127. The average molecular weight is 490 g/mol. The molecule has 0 aliphatic carbocycles.